The third kappa shape index (κ3) is 4.39. The van der Waals surface area contributed by atoms with Crippen LogP contribution in [-0.2, 0) is 14.3 Å². The average molecular weight is 291 g/mol. The monoisotopic (exact) mass is 291 g/mol. The number of hydrogen-bond donors (Lipinski definition) is 4. The van der Waals surface area contributed by atoms with Crippen LogP contribution in [0.4, 0.5) is 0 Å². The minimum atomic E-state index is -1.50. The van der Waals surface area contributed by atoms with E-state index in [0.29, 0.717) is 0 Å². The van der Waals surface area contributed by atoms with Crippen molar-refractivity contribution in [2.45, 2.75) is 43.5 Å². The first-order valence-corrected chi connectivity index (χ1v) is 6.01. The maximum Gasteiger partial charge on any atom is 0.219 e. The van der Waals surface area contributed by atoms with Gasteiger partial charge in [0.05, 0.1) is 13.2 Å². The van der Waals surface area contributed by atoms with Crippen LogP contribution >= 0.6 is 0 Å². The molecule has 0 aliphatic carbocycles. The summed E-state index contributed by atoms with van der Waals surface area (Å²) < 4.78 is 10.2. The van der Waals surface area contributed by atoms with Crippen LogP contribution < -0.4 is 0 Å². The number of azide groups is 1. The standard InChI is InChI=1S/C10H17N3O7/c11-13-12-6(15)2-1-3-19-10-9(18)8(17)7(16)5(4-14)20-10/h5,7-10,14,16-18H,1-4H2/t5-,7-,8+,9-,10-/m1/s1. The number of nitrogens with zero attached hydrogens (tertiary/aromatic N) is 3. The number of aliphatic hydroxyl groups excluding tert-OH is 4. The van der Waals surface area contributed by atoms with E-state index in [2.05, 4.69) is 10.0 Å². The van der Waals surface area contributed by atoms with Crippen molar-refractivity contribution in [3.8, 4) is 0 Å². The van der Waals surface area contributed by atoms with E-state index in [0.717, 1.165) is 0 Å². The third-order valence-electron chi connectivity index (χ3n) is 2.82. The van der Waals surface area contributed by atoms with E-state index < -0.39 is 43.2 Å². The predicted molar refractivity (Wildman–Crippen MR) is 63.1 cm³/mol. The molecule has 0 aromatic heterocycles. The summed E-state index contributed by atoms with van der Waals surface area (Å²) in [6.07, 6.45) is -6.48. The van der Waals surface area contributed by atoms with Crippen molar-refractivity contribution in [3.63, 3.8) is 0 Å². The van der Waals surface area contributed by atoms with Crippen molar-refractivity contribution in [2.75, 3.05) is 13.2 Å². The van der Waals surface area contributed by atoms with Crippen LogP contribution in [0.25, 0.3) is 10.4 Å². The molecule has 10 nitrogen and oxygen atoms in total. The van der Waals surface area contributed by atoms with E-state index >= 15 is 0 Å². The van der Waals surface area contributed by atoms with Crippen molar-refractivity contribution in [1.29, 1.82) is 0 Å². The van der Waals surface area contributed by atoms with Gasteiger partial charge in [0, 0.05) is 11.3 Å². The van der Waals surface area contributed by atoms with E-state index in [1.165, 1.54) is 0 Å². The fourth-order valence-electron chi connectivity index (χ4n) is 1.73. The van der Waals surface area contributed by atoms with Crippen molar-refractivity contribution < 1.29 is 34.7 Å². The maximum atomic E-state index is 10.9. The molecule has 0 radical (unpaired) electrons. The van der Waals surface area contributed by atoms with Crippen LogP contribution in [-0.4, -0.2) is 70.3 Å². The summed E-state index contributed by atoms with van der Waals surface area (Å²) in [4.78, 5) is 13.2. The Kier molecular flexibility index (Phi) is 6.82. The predicted octanol–water partition coefficient (Wildman–Crippen LogP) is -1.58. The van der Waals surface area contributed by atoms with Crippen molar-refractivity contribution in [3.05, 3.63) is 10.4 Å². The van der Waals surface area contributed by atoms with Gasteiger partial charge in [-0.2, -0.15) is 0 Å². The van der Waals surface area contributed by atoms with Gasteiger partial charge in [0.15, 0.2) is 6.29 Å². The van der Waals surface area contributed by atoms with Crippen LogP contribution in [0.3, 0.4) is 0 Å². The van der Waals surface area contributed by atoms with E-state index in [-0.39, 0.29) is 19.4 Å². The summed E-state index contributed by atoms with van der Waals surface area (Å²) in [6.45, 7) is -0.532. The van der Waals surface area contributed by atoms with Gasteiger partial charge in [-0.05, 0) is 17.1 Å². The van der Waals surface area contributed by atoms with Gasteiger partial charge >= 0.3 is 0 Å². The highest BCUT2D eigenvalue weighted by Gasteiger charge is 2.43. The molecule has 10 heteroatoms. The molecular weight excluding hydrogens is 274 g/mol. The highest BCUT2D eigenvalue weighted by Crippen LogP contribution is 2.22. The molecule has 0 bridgehead atoms. The molecule has 114 valence electrons. The first-order valence-electron chi connectivity index (χ1n) is 6.01. The van der Waals surface area contributed by atoms with E-state index in [1.807, 2.05) is 0 Å². The topological polar surface area (TPSA) is 165 Å². The Morgan fingerprint density at radius 2 is 2.00 bits per heavy atom. The number of carbonyl (C=O) groups excluding carboxylic acids is 1. The second-order valence-electron chi connectivity index (χ2n) is 4.25. The Labute approximate surface area is 114 Å². The van der Waals surface area contributed by atoms with Crippen molar-refractivity contribution in [2.24, 2.45) is 5.11 Å². The zero-order valence-corrected chi connectivity index (χ0v) is 10.6. The lowest BCUT2D eigenvalue weighted by molar-refractivity contribution is -0.301. The Hall–Kier alpha value is -1.26. The number of ether oxygens (including phenoxy) is 2. The summed E-state index contributed by atoms with van der Waals surface area (Å²) in [7, 11) is 0. The molecular formula is C10H17N3O7. The second kappa shape index (κ2) is 8.12. The van der Waals surface area contributed by atoms with Gasteiger partial charge in [0.25, 0.3) is 0 Å². The SMILES string of the molecule is [N-]=[N+]=NC(=O)CCCO[C@@H]1O[C@H](CO)[C@@H](O)[C@H](O)[C@H]1O. The molecule has 1 fully saturated rings. The Morgan fingerprint density at radius 1 is 1.30 bits per heavy atom. The summed E-state index contributed by atoms with van der Waals surface area (Å²) in [6, 6.07) is 0. The zero-order chi connectivity index (χ0) is 15.1. The maximum absolute atomic E-state index is 10.9. The second-order valence-corrected chi connectivity index (χ2v) is 4.25. The molecule has 0 spiro atoms. The molecule has 0 aromatic carbocycles. The first kappa shape index (κ1) is 16.8. The van der Waals surface area contributed by atoms with E-state index in [4.69, 9.17) is 20.1 Å². The Balaban J connectivity index is 2.38. The lowest BCUT2D eigenvalue weighted by Gasteiger charge is -2.39. The van der Waals surface area contributed by atoms with Crippen LogP contribution in [0.5, 0.6) is 0 Å². The molecule has 1 rings (SSSR count). The van der Waals surface area contributed by atoms with Gasteiger partial charge in [-0.15, -0.1) is 0 Å². The largest absolute Gasteiger partial charge is 0.394 e. The number of hydrogen-bond acceptors (Lipinski definition) is 7. The molecule has 20 heavy (non-hydrogen) atoms. The van der Waals surface area contributed by atoms with Crippen molar-refractivity contribution in [1.82, 2.24) is 0 Å². The molecule has 1 amide bonds. The molecule has 5 atom stereocenters. The normalized spacial score (nSPS) is 33.5. The number of aliphatic hydroxyl groups is 4. The van der Waals surface area contributed by atoms with E-state index in [9.17, 15) is 20.1 Å². The minimum Gasteiger partial charge on any atom is -0.394 e. The van der Waals surface area contributed by atoms with Crippen LogP contribution in [0, 0.1) is 0 Å². The minimum absolute atomic E-state index is 0.00930. The molecule has 0 unspecified atom stereocenters. The van der Waals surface area contributed by atoms with Crippen molar-refractivity contribution >= 4 is 5.91 Å². The fraction of sp³-hybridized carbons (Fsp3) is 0.900. The quantitative estimate of drug-likeness (QED) is 0.198. The Bertz CT molecular complexity index is 372. The van der Waals surface area contributed by atoms with E-state index in [1.54, 1.807) is 0 Å². The summed E-state index contributed by atoms with van der Waals surface area (Å²) >= 11 is 0. The zero-order valence-electron chi connectivity index (χ0n) is 10.6. The average Bonchev–Trinajstić information content (AvgIpc) is 2.43. The van der Waals surface area contributed by atoms with Crippen LogP contribution in [0.15, 0.2) is 5.11 Å². The molecule has 0 saturated carbocycles. The number of rotatable bonds is 6. The smallest absolute Gasteiger partial charge is 0.219 e. The lowest BCUT2D eigenvalue weighted by Crippen LogP contribution is -2.59. The van der Waals surface area contributed by atoms with Gasteiger partial charge in [0.1, 0.15) is 24.4 Å². The number of amides is 1. The summed E-state index contributed by atoms with van der Waals surface area (Å²) in [5.41, 5.74) is 8.02. The van der Waals surface area contributed by atoms with Gasteiger partial charge in [0.2, 0.25) is 5.91 Å². The summed E-state index contributed by atoms with van der Waals surface area (Å²) in [5.74, 6) is -0.634. The van der Waals surface area contributed by atoms with Gasteiger partial charge in [-0.25, -0.2) is 0 Å². The highest BCUT2D eigenvalue weighted by atomic mass is 16.7. The molecule has 4 N–H and O–H groups in total. The molecule has 0 aromatic rings. The highest BCUT2D eigenvalue weighted by molar-refractivity contribution is 5.76. The van der Waals surface area contributed by atoms with Gasteiger partial charge < -0.3 is 29.9 Å². The lowest BCUT2D eigenvalue weighted by atomic mass is 9.99. The first-order chi connectivity index (χ1) is 9.51. The van der Waals surface area contributed by atoms with Gasteiger partial charge in [-0.3, -0.25) is 4.79 Å². The fourth-order valence-corrected chi connectivity index (χ4v) is 1.73. The van der Waals surface area contributed by atoms with Crippen LogP contribution in [0.2, 0.25) is 0 Å². The molecule has 1 aliphatic rings. The van der Waals surface area contributed by atoms with Gasteiger partial charge in [-0.1, -0.05) is 0 Å². The van der Waals surface area contributed by atoms with Crippen LogP contribution in [0.1, 0.15) is 12.8 Å². The third-order valence-corrected chi connectivity index (χ3v) is 2.82. The molecule has 1 heterocycles. The molecule has 1 saturated heterocycles. The Morgan fingerprint density at radius 3 is 2.60 bits per heavy atom. The summed E-state index contributed by atoms with van der Waals surface area (Å²) in [5, 5.41) is 40.5. The molecule has 1 aliphatic heterocycles. The number of carbonyl (C=O) groups is 1.